The molecule has 0 amide bonds. The van der Waals surface area contributed by atoms with E-state index in [0.29, 0.717) is 55.1 Å². The van der Waals surface area contributed by atoms with Gasteiger partial charge in [-0.25, -0.2) is 25.3 Å². The summed E-state index contributed by atoms with van der Waals surface area (Å²) in [5.41, 5.74) is -0.865. The quantitative estimate of drug-likeness (QED) is 0.0181. The van der Waals surface area contributed by atoms with E-state index in [2.05, 4.69) is 76.5 Å². The Bertz CT molecular complexity index is 2790. The van der Waals surface area contributed by atoms with Gasteiger partial charge in [-0.2, -0.15) is 0 Å². The topological polar surface area (TPSA) is 303 Å². The number of hydrogen-bond donors (Lipinski definition) is 0. The Hall–Kier alpha value is -2.88. The van der Waals surface area contributed by atoms with Crippen LogP contribution in [0.15, 0.2) is 0 Å². The lowest BCUT2D eigenvalue weighted by Crippen LogP contribution is -2.54. The van der Waals surface area contributed by atoms with Crippen molar-refractivity contribution in [2.24, 2.45) is 58.2 Å². The van der Waals surface area contributed by atoms with Crippen LogP contribution in [0.1, 0.15) is 280 Å². The van der Waals surface area contributed by atoms with E-state index in [1.807, 2.05) is 0 Å². The molecule has 10 bridgehead atoms. The van der Waals surface area contributed by atoms with E-state index in [1.54, 1.807) is 0 Å². The Balaban J connectivity index is 0.000000227. The van der Waals surface area contributed by atoms with Crippen LogP contribution in [0.25, 0.3) is 0 Å². The van der Waals surface area contributed by atoms with E-state index >= 15 is 0 Å². The van der Waals surface area contributed by atoms with Crippen molar-refractivity contribution >= 4 is 60.0 Å². The summed E-state index contributed by atoms with van der Waals surface area (Å²) < 4.78 is 124. The summed E-state index contributed by atoms with van der Waals surface area (Å²) >= 11 is 0. The monoisotopic (exact) mass is 1530 g/mol. The van der Waals surface area contributed by atoms with Gasteiger partial charge in [-0.1, -0.05) is 113 Å². The Morgan fingerprint density at radius 2 is 0.798 bits per heavy atom. The number of nitrogens with zero attached hydrogens (tertiary/aromatic N) is 3. The number of carbonyl (C=O) groups is 5. The van der Waals surface area contributed by atoms with Crippen molar-refractivity contribution < 1.29 is 100 Å². The first-order valence-electron chi connectivity index (χ1n) is 41.3. The summed E-state index contributed by atoms with van der Waals surface area (Å²) in [5.74, 6) is -2.15. The van der Waals surface area contributed by atoms with Crippen LogP contribution in [0.2, 0.25) is 0 Å². The number of unbranched alkanes of at least 4 members (excludes halogenated alkanes) is 9. The molecule has 12 fully saturated rings. The molecule has 7 unspecified atom stereocenters. The van der Waals surface area contributed by atoms with E-state index in [-0.39, 0.29) is 54.9 Å². The Morgan fingerprint density at radius 3 is 1.15 bits per heavy atom. The van der Waals surface area contributed by atoms with Crippen LogP contribution in [-0.4, -0.2) is 217 Å². The highest BCUT2D eigenvalue weighted by Gasteiger charge is 2.66. The van der Waals surface area contributed by atoms with Crippen LogP contribution in [0, 0.1) is 58.2 Å². The number of carbonyl (C=O) groups excluding carboxylic acids is 5. The maximum Gasteiger partial charge on any atom is 0.313 e. The Morgan fingerprint density at radius 1 is 0.442 bits per heavy atom. The second-order valence-electron chi connectivity index (χ2n) is 34.3. The smallest absolute Gasteiger partial charge is 0.313 e. The molecule has 12 rings (SSSR count). The lowest BCUT2D eigenvalue weighted by atomic mass is 9.49. The number of rotatable bonds is 39. The molecule has 9 saturated carbocycles. The van der Waals surface area contributed by atoms with Gasteiger partial charge in [0.1, 0.15) is 37.1 Å². The molecule has 606 valence electrons. The van der Waals surface area contributed by atoms with Crippen LogP contribution in [0.5, 0.6) is 0 Å². The molecular formula is C79H143N3O19S3. The van der Waals surface area contributed by atoms with E-state index in [1.165, 1.54) is 220 Å². The summed E-state index contributed by atoms with van der Waals surface area (Å²) in [6.07, 6.45) is 39.6. The van der Waals surface area contributed by atoms with E-state index in [9.17, 15) is 62.9 Å². The summed E-state index contributed by atoms with van der Waals surface area (Å²) in [7, 11) is -5.98. The number of ether oxygens (including phenoxy) is 5. The van der Waals surface area contributed by atoms with E-state index in [0.717, 1.165) is 44.6 Å². The van der Waals surface area contributed by atoms with Gasteiger partial charge in [0, 0.05) is 24.0 Å². The van der Waals surface area contributed by atoms with Gasteiger partial charge in [0.05, 0.1) is 151 Å². The molecule has 9 aliphatic carbocycles. The molecular weight excluding hydrogens is 1390 g/mol. The molecule has 0 aromatic carbocycles. The van der Waals surface area contributed by atoms with Gasteiger partial charge in [0.15, 0.2) is 0 Å². The summed E-state index contributed by atoms with van der Waals surface area (Å²) in [6, 6.07) is 0.939. The maximum atomic E-state index is 12.4. The predicted molar refractivity (Wildman–Crippen MR) is 401 cm³/mol. The molecule has 25 heteroatoms. The molecule has 12 aliphatic rings. The average molecular weight is 1540 g/mol. The highest BCUT2D eigenvalue weighted by Crippen LogP contribution is 2.61. The largest absolute Gasteiger partial charge is 0.748 e. The summed E-state index contributed by atoms with van der Waals surface area (Å²) in [4.78, 5) is 60.2. The average Bonchev–Trinajstić information content (AvgIpc) is 1.50. The molecule has 0 N–H and O–H groups in total. The zero-order chi connectivity index (χ0) is 77.0. The van der Waals surface area contributed by atoms with Crippen LogP contribution < -0.4 is 0 Å². The first kappa shape index (κ1) is 91.7. The lowest BCUT2D eigenvalue weighted by molar-refractivity contribution is -0.929. The second kappa shape index (κ2) is 43.6. The summed E-state index contributed by atoms with van der Waals surface area (Å²) in [5, 5.41) is 0. The van der Waals surface area contributed by atoms with Crippen LogP contribution in [0.3, 0.4) is 0 Å². The number of hydrogen-bond acceptors (Lipinski definition) is 19. The molecule has 0 aromatic rings. The molecule has 104 heavy (non-hydrogen) atoms. The van der Waals surface area contributed by atoms with Gasteiger partial charge < -0.3 is 50.8 Å². The predicted octanol–water partition coefficient (Wildman–Crippen LogP) is 13.0. The zero-order valence-corrected chi connectivity index (χ0v) is 68.8. The van der Waals surface area contributed by atoms with Crippen LogP contribution >= 0.6 is 0 Å². The number of ketones is 1. The molecule has 3 saturated heterocycles. The zero-order valence-electron chi connectivity index (χ0n) is 66.4. The Kier molecular flexibility index (Phi) is 38.5. The van der Waals surface area contributed by atoms with Crippen LogP contribution in [-0.2, 0) is 78.0 Å². The summed E-state index contributed by atoms with van der Waals surface area (Å²) in [6.45, 7) is 29.4. The van der Waals surface area contributed by atoms with E-state index in [4.69, 9.17) is 23.7 Å². The molecule has 0 radical (unpaired) electrons. The normalized spacial score (nSPS) is 28.5. The van der Waals surface area contributed by atoms with Gasteiger partial charge in [0.25, 0.3) is 0 Å². The minimum absolute atomic E-state index is 0.0319. The third kappa shape index (κ3) is 29.4. The van der Waals surface area contributed by atoms with Crippen molar-refractivity contribution in [3.63, 3.8) is 0 Å². The number of fused-ring (bicyclic) bond motifs is 1. The van der Waals surface area contributed by atoms with Crippen molar-refractivity contribution in [1.29, 1.82) is 0 Å². The molecule has 7 atom stereocenters. The number of quaternary nitrogens is 3. The molecule has 3 heterocycles. The SMILES string of the molecule is CCCC[N+](CCCC)(CCCC)CCCC.CCCC[N+](CCCC)(CCCC)CCCC.C[N+](C)(C)C1CCCCC1.O=C(OCCS(=O)(=O)[O-])C12CC3CC(CC(C3)C1)C2.O=C(OCCS(=O)(=O)[O-])C1C2CC3OC(=O)C1C3O2.O=C1C2CC3CC1CC(C(=O)OCCCCS(=O)(=O)[O-])(C3)C2. The van der Waals surface area contributed by atoms with Gasteiger partial charge in [0.2, 0.25) is 0 Å². The van der Waals surface area contributed by atoms with E-state index < -0.39 is 95.6 Å². The lowest BCUT2D eigenvalue weighted by Gasteiger charge is -2.55. The minimum Gasteiger partial charge on any atom is -0.748 e. The van der Waals surface area contributed by atoms with Gasteiger partial charge >= 0.3 is 23.9 Å². The van der Waals surface area contributed by atoms with Crippen molar-refractivity contribution in [1.82, 2.24) is 0 Å². The van der Waals surface area contributed by atoms with Crippen molar-refractivity contribution in [2.75, 3.05) is 111 Å². The molecule has 0 aromatic heterocycles. The fraction of sp³-hybridized carbons (Fsp3) is 0.937. The van der Waals surface area contributed by atoms with Gasteiger partial charge in [-0.15, -0.1) is 0 Å². The highest BCUT2D eigenvalue weighted by atomic mass is 32.2. The fourth-order valence-corrected chi connectivity index (χ4v) is 20.7. The number of Topliss-reactive ketones (excluding diaryl/α,β-unsaturated/α-hetero) is 1. The second-order valence-corrected chi connectivity index (χ2v) is 38.8. The van der Waals surface area contributed by atoms with Gasteiger partial charge in [-0.3, -0.25) is 24.0 Å². The first-order chi connectivity index (χ1) is 49.1. The standard InChI is InChI=1S/2C16H36N.C15H22O6S.C13H20O5S.C10H12O8S.C9H20N/c2*1-5-9-13-17(14-10-6-2,15-11-7-3)16-12-8-4;16-13-11-5-10-6-12(13)9-15(7-10,8-11)14(17)21-3-1-2-4-22(18,19)20;14-12(18-1-2-19(15,16)17)13-6-9-3-10(7-13)5-11(4-9)8-13;11-9(16-1-2-19(13,14)15)6-4-3-5-8(17-4)7(6)10(12)18-5;1-10(2,3)9-7-5-4-6-8-9/h2*5-16H2,1-4H3;10-12H,1-9H2,(H,18,19,20);9-11H,1-8H2,(H,15,16,17);4-8H,1-3H2,(H,13,14,15);9H,4-8H2,1-3H3/q2*+1;;;;+1/p-3. The third-order valence-electron chi connectivity index (χ3n) is 24.7. The third-order valence-corrected chi connectivity index (χ3v) is 26.9. The molecule has 3 aliphatic heterocycles. The molecule has 22 nitrogen and oxygen atoms in total. The Labute approximate surface area is 629 Å². The molecule has 0 spiro atoms. The van der Waals surface area contributed by atoms with Gasteiger partial charge in [-0.05, 0) is 184 Å². The van der Waals surface area contributed by atoms with Crippen molar-refractivity contribution in [2.45, 2.75) is 304 Å². The fourth-order valence-electron chi connectivity index (χ4n) is 19.5. The first-order valence-corrected chi connectivity index (χ1v) is 46.1. The minimum atomic E-state index is -4.43. The van der Waals surface area contributed by atoms with Crippen molar-refractivity contribution in [3.05, 3.63) is 0 Å². The van der Waals surface area contributed by atoms with Crippen LogP contribution in [0.4, 0.5) is 0 Å². The van der Waals surface area contributed by atoms with Crippen molar-refractivity contribution in [3.8, 4) is 0 Å². The highest BCUT2D eigenvalue weighted by molar-refractivity contribution is 7.86. The maximum absolute atomic E-state index is 12.4. The number of esters is 4.